The summed E-state index contributed by atoms with van der Waals surface area (Å²) in [6.45, 7) is 8.31. The maximum absolute atomic E-state index is 6.12. The predicted molar refractivity (Wildman–Crippen MR) is 84.9 cm³/mol. The van der Waals surface area contributed by atoms with Gasteiger partial charge in [0, 0.05) is 5.56 Å². The van der Waals surface area contributed by atoms with Crippen LogP contribution < -0.4 is 0 Å². The molecule has 0 atom stereocenters. The first-order chi connectivity index (χ1) is 9.89. The van der Waals surface area contributed by atoms with Gasteiger partial charge in [-0.25, -0.2) is 0 Å². The molecule has 1 aliphatic rings. The molecule has 0 saturated carbocycles. The lowest BCUT2D eigenvalue weighted by molar-refractivity contribution is -0.0895. The van der Waals surface area contributed by atoms with E-state index in [0.717, 1.165) is 5.56 Å². The van der Waals surface area contributed by atoms with Crippen LogP contribution in [0.4, 0.5) is 0 Å². The maximum atomic E-state index is 6.12. The van der Waals surface area contributed by atoms with Gasteiger partial charge in [0.25, 0.3) is 0 Å². The fourth-order valence-electron chi connectivity index (χ4n) is 2.47. The van der Waals surface area contributed by atoms with Crippen molar-refractivity contribution in [1.29, 1.82) is 0 Å². The van der Waals surface area contributed by atoms with Crippen molar-refractivity contribution in [2.24, 2.45) is 0 Å². The van der Waals surface area contributed by atoms with Crippen molar-refractivity contribution in [3.05, 3.63) is 60.2 Å². The Morgan fingerprint density at radius 3 is 1.90 bits per heavy atom. The van der Waals surface area contributed by atoms with E-state index in [1.165, 1.54) is 11.1 Å². The summed E-state index contributed by atoms with van der Waals surface area (Å²) in [6.07, 6.45) is -0.307. The number of hydrogen-bond acceptors (Lipinski definition) is 2. The van der Waals surface area contributed by atoms with Crippen molar-refractivity contribution in [1.82, 2.24) is 0 Å². The highest BCUT2D eigenvalue weighted by molar-refractivity contribution is 5.64. The lowest BCUT2D eigenvalue weighted by Gasteiger charge is -2.30. The molecule has 1 fully saturated rings. The SMILES string of the molecule is CC1(C)OC(c2cccc(-c3ccccc3)c2)OC1(C)C. The lowest BCUT2D eigenvalue weighted by Crippen LogP contribution is -2.41. The average Bonchev–Trinajstić information content (AvgIpc) is 2.69. The van der Waals surface area contributed by atoms with Gasteiger partial charge in [-0.3, -0.25) is 0 Å². The lowest BCUT2D eigenvalue weighted by atomic mass is 9.90. The van der Waals surface area contributed by atoms with E-state index in [0.29, 0.717) is 0 Å². The van der Waals surface area contributed by atoms with Gasteiger partial charge in [0.05, 0.1) is 11.2 Å². The van der Waals surface area contributed by atoms with Crippen LogP contribution in [0.2, 0.25) is 0 Å². The minimum Gasteiger partial charge on any atom is -0.339 e. The second kappa shape index (κ2) is 4.97. The van der Waals surface area contributed by atoms with E-state index >= 15 is 0 Å². The van der Waals surface area contributed by atoms with Crippen LogP contribution in [-0.2, 0) is 9.47 Å². The molecule has 0 radical (unpaired) electrons. The highest BCUT2D eigenvalue weighted by Crippen LogP contribution is 2.45. The Kier molecular flexibility index (Phi) is 3.39. The second-order valence-corrected chi connectivity index (χ2v) is 6.58. The van der Waals surface area contributed by atoms with Gasteiger partial charge in [-0.2, -0.15) is 0 Å². The Hall–Kier alpha value is -1.64. The zero-order valence-electron chi connectivity index (χ0n) is 13.1. The van der Waals surface area contributed by atoms with E-state index in [4.69, 9.17) is 9.47 Å². The summed E-state index contributed by atoms with van der Waals surface area (Å²) >= 11 is 0. The van der Waals surface area contributed by atoms with E-state index in [1.807, 2.05) is 6.07 Å². The molecule has 110 valence electrons. The topological polar surface area (TPSA) is 18.5 Å². The summed E-state index contributed by atoms with van der Waals surface area (Å²) in [5.41, 5.74) is 2.84. The van der Waals surface area contributed by atoms with Crippen LogP contribution in [0.3, 0.4) is 0 Å². The minimum atomic E-state index is -0.307. The normalized spacial score (nSPS) is 20.6. The summed E-state index contributed by atoms with van der Waals surface area (Å²) in [4.78, 5) is 0. The van der Waals surface area contributed by atoms with Gasteiger partial charge in [0.1, 0.15) is 0 Å². The van der Waals surface area contributed by atoms with Crippen LogP contribution >= 0.6 is 0 Å². The first-order valence-electron chi connectivity index (χ1n) is 7.40. The molecule has 0 bridgehead atoms. The Bertz CT molecular complexity index is 613. The molecule has 2 nitrogen and oxygen atoms in total. The third-order valence-corrected chi connectivity index (χ3v) is 4.52. The van der Waals surface area contributed by atoms with Gasteiger partial charge in [0.15, 0.2) is 6.29 Å². The number of rotatable bonds is 2. The Morgan fingerprint density at radius 2 is 1.29 bits per heavy atom. The van der Waals surface area contributed by atoms with Crippen molar-refractivity contribution in [2.75, 3.05) is 0 Å². The van der Waals surface area contributed by atoms with Crippen LogP contribution in [-0.4, -0.2) is 11.2 Å². The van der Waals surface area contributed by atoms with Crippen LogP contribution in [0.5, 0.6) is 0 Å². The quantitative estimate of drug-likeness (QED) is 0.775. The molecule has 0 aromatic heterocycles. The smallest absolute Gasteiger partial charge is 0.185 e. The van der Waals surface area contributed by atoms with Crippen LogP contribution in [0.15, 0.2) is 54.6 Å². The molecule has 0 spiro atoms. The van der Waals surface area contributed by atoms with E-state index < -0.39 is 0 Å². The largest absolute Gasteiger partial charge is 0.339 e. The van der Waals surface area contributed by atoms with Gasteiger partial charge >= 0.3 is 0 Å². The number of benzene rings is 2. The minimum absolute atomic E-state index is 0.305. The zero-order valence-corrected chi connectivity index (χ0v) is 13.1. The predicted octanol–water partition coefficient (Wildman–Crippen LogP) is 4.96. The van der Waals surface area contributed by atoms with Crippen molar-refractivity contribution in [3.8, 4) is 11.1 Å². The molecular formula is C19H22O2. The maximum Gasteiger partial charge on any atom is 0.185 e. The first kappa shape index (κ1) is 14.3. The van der Waals surface area contributed by atoms with E-state index in [2.05, 4.69) is 76.2 Å². The standard InChI is InChI=1S/C19H22O2/c1-18(2)19(3,4)21-17(20-18)16-12-8-11-15(13-16)14-9-6-5-7-10-14/h5-13,17H,1-4H3. The molecule has 0 N–H and O–H groups in total. The van der Waals surface area contributed by atoms with Gasteiger partial charge < -0.3 is 9.47 Å². The van der Waals surface area contributed by atoms with Crippen LogP contribution in [0.1, 0.15) is 39.5 Å². The average molecular weight is 282 g/mol. The van der Waals surface area contributed by atoms with Crippen LogP contribution in [0.25, 0.3) is 11.1 Å². The van der Waals surface area contributed by atoms with Crippen molar-refractivity contribution in [2.45, 2.75) is 45.2 Å². The fraction of sp³-hybridized carbons (Fsp3) is 0.368. The summed E-state index contributed by atoms with van der Waals surface area (Å²) in [5, 5.41) is 0. The number of ether oxygens (including phenoxy) is 2. The Morgan fingerprint density at radius 1 is 0.714 bits per heavy atom. The molecule has 2 heteroatoms. The molecule has 0 aliphatic carbocycles. The second-order valence-electron chi connectivity index (χ2n) is 6.58. The molecule has 21 heavy (non-hydrogen) atoms. The third-order valence-electron chi connectivity index (χ3n) is 4.52. The summed E-state index contributed by atoms with van der Waals surface area (Å²) < 4.78 is 12.2. The summed E-state index contributed by atoms with van der Waals surface area (Å²) in [6, 6.07) is 18.8. The highest BCUT2D eigenvalue weighted by Gasteiger charge is 2.49. The Labute approximate surface area is 126 Å². The van der Waals surface area contributed by atoms with E-state index in [1.54, 1.807) is 0 Å². The molecule has 1 aliphatic heterocycles. The third kappa shape index (κ3) is 2.61. The zero-order chi connectivity index (χ0) is 15.1. The summed E-state index contributed by atoms with van der Waals surface area (Å²) in [5.74, 6) is 0. The number of hydrogen-bond donors (Lipinski definition) is 0. The fourth-order valence-corrected chi connectivity index (χ4v) is 2.47. The molecule has 2 aromatic rings. The molecule has 1 saturated heterocycles. The first-order valence-corrected chi connectivity index (χ1v) is 7.40. The van der Waals surface area contributed by atoms with E-state index in [9.17, 15) is 0 Å². The van der Waals surface area contributed by atoms with Crippen molar-refractivity contribution >= 4 is 0 Å². The van der Waals surface area contributed by atoms with Gasteiger partial charge in [-0.05, 0) is 44.9 Å². The van der Waals surface area contributed by atoms with Gasteiger partial charge in [-0.1, -0.05) is 48.5 Å². The molecule has 3 rings (SSSR count). The van der Waals surface area contributed by atoms with Crippen molar-refractivity contribution < 1.29 is 9.47 Å². The van der Waals surface area contributed by atoms with E-state index in [-0.39, 0.29) is 17.5 Å². The molecular weight excluding hydrogens is 260 g/mol. The van der Waals surface area contributed by atoms with Crippen LogP contribution in [0, 0.1) is 0 Å². The Balaban J connectivity index is 1.92. The van der Waals surface area contributed by atoms with Gasteiger partial charge in [-0.15, -0.1) is 0 Å². The van der Waals surface area contributed by atoms with Crippen molar-refractivity contribution in [3.63, 3.8) is 0 Å². The summed E-state index contributed by atoms with van der Waals surface area (Å²) in [7, 11) is 0. The molecule has 2 aromatic carbocycles. The molecule has 0 amide bonds. The monoisotopic (exact) mass is 282 g/mol. The highest BCUT2D eigenvalue weighted by atomic mass is 16.7. The van der Waals surface area contributed by atoms with Gasteiger partial charge in [0.2, 0.25) is 0 Å². The molecule has 0 unspecified atom stereocenters. The molecule has 1 heterocycles.